The van der Waals surface area contributed by atoms with Crippen LogP contribution in [-0.4, -0.2) is 85.0 Å². The number of carbonyl (C=O) groups is 3. The molecule has 1 aliphatic rings. The van der Waals surface area contributed by atoms with Crippen LogP contribution in [0.2, 0.25) is 5.02 Å². The lowest BCUT2D eigenvalue weighted by Crippen LogP contribution is -2.45. The molecule has 1 N–H and O–H groups in total. The molecule has 2 heterocycles. The SMILES string of the molecule is CC1(C)OC(c2ccco2)CN1C(=O)C(Cl)Cl.CCc1cccc(C)c1N(C(=O)CCl)C(C)COC.CS(=O)(=O)NC(=O)c1cc(Oc2ccc(C(F)(F)F)cc2Cl)ccc1[N+](=O)[O-]. The smallest absolute Gasteiger partial charge is 0.416 e. The first-order chi connectivity index (χ1) is 29.8. The third-order valence-electron chi connectivity index (χ3n) is 9.09. The van der Waals surface area contributed by atoms with Gasteiger partial charge in [0.05, 0.1) is 52.9 Å². The topological polar surface area (TPSA) is 188 Å². The molecular formula is C41H45Cl4F3N4O11S. The minimum absolute atomic E-state index is 0.0223. The van der Waals surface area contributed by atoms with E-state index in [9.17, 15) is 46.1 Å². The lowest BCUT2D eigenvalue weighted by molar-refractivity contribution is -0.385. The zero-order chi connectivity index (χ0) is 48.3. The van der Waals surface area contributed by atoms with E-state index in [0.29, 0.717) is 37.3 Å². The van der Waals surface area contributed by atoms with Crippen LogP contribution in [0.1, 0.15) is 66.6 Å². The molecule has 1 aliphatic heterocycles. The van der Waals surface area contributed by atoms with E-state index in [1.807, 2.05) is 32.0 Å². The van der Waals surface area contributed by atoms with Crippen molar-refractivity contribution in [3.63, 3.8) is 0 Å². The first-order valence-electron chi connectivity index (χ1n) is 18.9. The lowest BCUT2D eigenvalue weighted by atomic mass is 10.0. The number of para-hydroxylation sites is 1. The van der Waals surface area contributed by atoms with E-state index >= 15 is 0 Å². The summed E-state index contributed by atoms with van der Waals surface area (Å²) < 4.78 is 83.5. The summed E-state index contributed by atoms with van der Waals surface area (Å²) in [7, 11) is -2.36. The Hall–Kier alpha value is -4.63. The second-order valence-corrected chi connectivity index (χ2v) is 17.9. The van der Waals surface area contributed by atoms with Crippen LogP contribution in [0.5, 0.6) is 11.5 Å². The minimum Gasteiger partial charge on any atom is -0.467 e. The number of anilines is 1. The van der Waals surface area contributed by atoms with Crippen molar-refractivity contribution in [1.82, 2.24) is 9.62 Å². The van der Waals surface area contributed by atoms with Crippen LogP contribution in [0, 0.1) is 17.0 Å². The van der Waals surface area contributed by atoms with E-state index in [1.54, 1.807) is 42.9 Å². The number of furan rings is 1. The average Bonchev–Trinajstić information content (AvgIpc) is 3.86. The Morgan fingerprint density at radius 1 is 1.09 bits per heavy atom. The summed E-state index contributed by atoms with van der Waals surface area (Å²) in [4.78, 5) is 48.4. The van der Waals surface area contributed by atoms with Gasteiger partial charge in [0.15, 0.2) is 4.84 Å². The summed E-state index contributed by atoms with van der Waals surface area (Å²) in [5, 5.41) is 10.7. The molecule has 0 spiro atoms. The monoisotopic (exact) mass is 998 g/mol. The highest BCUT2D eigenvalue weighted by Crippen LogP contribution is 2.38. The highest BCUT2D eigenvalue weighted by molar-refractivity contribution is 7.89. The van der Waals surface area contributed by atoms with Gasteiger partial charge in [-0.25, -0.2) is 13.1 Å². The third-order valence-corrected chi connectivity index (χ3v) is 10.5. The summed E-state index contributed by atoms with van der Waals surface area (Å²) in [5.74, 6) is -1.45. The van der Waals surface area contributed by atoms with Crippen molar-refractivity contribution in [2.45, 2.75) is 69.9 Å². The van der Waals surface area contributed by atoms with Crippen LogP contribution in [0.15, 0.2) is 77.4 Å². The Bertz CT molecular complexity index is 2390. The molecule has 0 bridgehead atoms. The summed E-state index contributed by atoms with van der Waals surface area (Å²) in [6.45, 7) is 10.5. The first kappa shape index (κ1) is 53.7. The Balaban J connectivity index is 0.000000266. The van der Waals surface area contributed by atoms with Gasteiger partial charge in [-0.15, -0.1) is 11.6 Å². The van der Waals surface area contributed by atoms with Crippen LogP contribution in [0.25, 0.3) is 0 Å². The Kier molecular flexibility index (Phi) is 19.3. The van der Waals surface area contributed by atoms with Crippen molar-refractivity contribution in [1.29, 1.82) is 0 Å². The highest BCUT2D eigenvalue weighted by Gasteiger charge is 2.45. The molecule has 0 saturated carbocycles. The molecule has 1 saturated heterocycles. The van der Waals surface area contributed by atoms with Gasteiger partial charge in [-0.05, 0) is 81.6 Å². The van der Waals surface area contributed by atoms with Crippen molar-refractivity contribution >= 4 is 85.5 Å². The number of hydrogen-bond acceptors (Lipinski definition) is 11. The molecule has 2 unspecified atom stereocenters. The Morgan fingerprint density at radius 2 is 1.77 bits per heavy atom. The summed E-state index contributed by atoms with van der Waals surface area (Å²) in [5.41, 5.74) is 0.128. The van der Waals surface area contributed by atoms with E-state index in [-0.39, 0.29) is 41.3 Å². The van der Waals surface area contributed by atoms with Gasteiger partial charge >= 0.3 is 6.18 Å². The number of aryl methyl sites for hydroxylation is 2. The fourth-order valence-electron chi connectivity index (χ4n) is 6.28. The van der Waals surface area contributed by atoms with Gasteiger partial charge in [-0.1, -0.05) is 59.9 Å². The maximum Gasteiger partial charge on any atom is 0.416 e. The predicted molar refractivity (Wildman–Crippen MR) is 236 cm³/mol. The summed E-state index contributed by atoms with van der Waals surface area (Å²) >= 11 is 22.7. The molecule has 23 heteroatoms. The Morgan fingerprint density at radius 3 is 2.28 bits per heavy atom. The number of halogens is 7. The van der Waals surface area contributed by atoms with Crippen molar-refractivity contribution in [3.8, 4) is 11.5 Å². The number of benzene rings is 3. The second-order valence-electron chi connectivity index (χ2n) is 14.3. The number of nitrogens with zero attached hydrogens (tertiary/aromatic N) is 3. The van der Waals surface area contributed by atoms with Gasteiger partial charge in [-0.2, -0.15) is 13.2 Å². The zero-order valence-electron chi connectivity index (χ0n) is 35.4. The van der Waals surface area contributed by atoms with Crippen LogP contribution in [0.4, 0.5) is 24.5 Å². The van der Waals surface area contributed by atoms with E-state index in [1.165, 1.54) is 4.90 Å². The zero-order valence-corrected chi connectivity index (χ0v) is 39.2. The molecule has 15 nitrogen and oxygen atoms in total. The van der Waals surface area contributed by atoms with Gasteiger partial charge in [0.1, 0.15) is 40.5 Å². The summed E-state index contributed by atoms with van der Waals surface area (Å²) in [6.07, 6.45) is -1.77. The van der Waals surface area contributed by atoms with E-state index in [2.05, 4.69) is 13.0 Å². The second kappa shape index (κ2) is 23.0. The van der Waals surface area contributed by atoms with Crippen molar-refractivity contribution in [3.05, 3.63) is 116 Å². The molecule has 3 aromatic carbocycles. The number of sulfonamides is 1. The molecule has 1 aromatic heterocycles. The number of rotatable bonds is 13. The molecule has 64 heavy (non-hydrogen) atoms. The number of ether oxygens (including phenoxy) is 3. The molecule has 350 valence electrons. The lowest BCUT2D eigenvalue weighted by Gasteiger charge is -2.31. The van der Waals surface area contributed by atoms with Gasteiger partial charge in [0.2, 0.25) is 15.9 Å². The molecular weight excluding hydrogens is 955 g/mol. The average molecular weight is 1000 g/mol. The van der Waals surface area contributed by atoms with Crippen LogP contribution in [0.3, 0.4) is 0 Å². The molecule has 0 aliphatic carbocycles. The molecule has 5 rings (SSSR count). The van der Waals surface area contributed by atoms with Crippen molar-refractivity contribution < 1.29 is 59.5 Å². The number of hydrogen-bond donors (Lipinski definition) is 1. The number of nitro benzene ring substituents is 1. The molecule has 2 atom stereocenters. The van der Waals surface area contributed by atoms with Crippen molar-refractivity contribution in [2.75, 3.05) is 37.3 Å². The standard InChI is InChI=1S/C15H10ClF3N2O6S.C15H22ClNO2.C11H13Cl2NO3/c1-28(25,26)20-14(22)10-7-9(3-4-12(10)21(23)24)27-13-5-2-8(6-11(13)16)15(17,18)19;1-5-13-8-6-7-11(2)15(13)17(14(18)9-16)12(3)10-19-4;1-11(2)14(10(15)9(12)13)6-8(17-11)7-4-3-5-16-7/h2-7H,1H3,(H,20,22);6-8,12H,5,9-10H2,1-4H3;3-5,8-9H,6H2,1-2H3. The number of amides is 3. The van der Waals surface area contributed by atoms with Crippen molar-refractivity contribution in [2.24, 2.45) is 0 Å². The first-order valence-corrected chi connectivity index (χ1v) is 22.5. The molecule has 4 aromatic rings. The molecule has 3 amide bonds. The molecule has 0 radical (unpaired) electrons. The predicted octanol–water partition coefficient (Wildman–Crippen LogP) is 9.63. The van der Waals surface area contributed by atoms with Crippen LogP contribution >= 0.6 is 46.4 Å². The van der Waals surface area contributed by atoms with Gasteiger partial charge in [0, 0.05) is 19.2 Å². The number of alkyl halides is 6. The minimum atomic E-state index is -4.62. The van der Waals surface area contributed by atoms with Gasteiger partial charge in [-0.3, -0.25) is 24.5 Å². The van der Waals surface area contributed by atoms with Gasteiger partial charge in [0.25, 0.3) is 17.5 Å². The van der Waals surface area contributed by atoms with E-state index < -0.39 is 59.4 Å². The quantitative estimate of drug-likeness (QED) is 0.0763. The number of nitro groups is 1. The fourth-order valence-corrected chi connectivity index (χ4v) is 7.31. The van der Waals surface area contributed by atoms with Crippen LogP contribution < -0.4 is 14.4 Å². The Labute approximate surface area is 387 Å². The fraction of sp³-hybridized carbons (Fsp3) is 0.390. The van der Waals surface area contributed by atoms with E-state index in [4.69, 9.17) is 65.0 Å². The van der Waals surface area contributed by atoms with Crippen LogP contribution in [-0.2, 0) is 41.7 Å². The third kappa shape index (κ3) is 14.7. The highest BCUT2D eigenvalue weighted by atomic mass is 35.5. The number of methoxy groups -OCH3 is 1. The number of nitrogens with one attached hydrogen (secondary N) is 1. The maximum absolute atomic E-state index is 12.7. The summed E-state index contributed by atoms with van der Waals surface area (Å²) in [6, 6.07) is 14.7. The number of carbonyl (C=O) groups excluding carboxylic acids is 3. The van der Waals surface area contributed by atoms with E-state index in [0.717, 1.165) is 47.5 Å². The largest absolute Gasteiger partial charge is 0.467 e. The molecule has 1 fully saturated rings. The van der Waals surface area contributed by atoms with Gasteiger partial charge < -0.3 is 28.4 Å². The normalized spacial score (nSPS) is 15.0. The maximum atomic E-state index is 12.7.